The highest BCUT2D eigenvalue weighted by molar-refractivity contribution is 7.07. The highest BCUT2D eigenvalue weighted by atomic mass is 32.1. The topological polar surface area (TPSA) is 59.8 Å². The van der Waals surface area contributed by atoms with Crippen molar-refractivity contribution in [3.05, 3.63) is 5.69 Å². The number of aromatic nitrogens is 2. The van der Waals surface area contributed by atoms with Crippen molar-refractivity contribution >= 4 is 17.2 Å². The lowest BCUT2D eigenvalue weighted by Crippen LogP contribution is -2.47. The molecule has 0 unspecified atom stereocenters. The van der Waals surface area contributed by atoms with E-state index in [-0.39, 0.29) is 0 Å². The highest BCUT2D eigenvalue weighted by Gasteiger charge is 2.31. The average molecular weight is 282 g/mol. The second-order valence-electron chi connectivity index (χ2n) is 4.85. The molecule has 0 N–H and O–H groups in total. The summed E-state index contributed by atoms with van der Waals surface area (Å²) in [5.74, 6) is 0.616. The van der Waals surface area contributed by atoms with Crippen molar-refractivity contribution in [1.29, 1.82) is 0 Å². The minimum Gasteiger partial charge on any atom is -0.482 e. The third-order valence-corrected chi connectivity index (χ3v) is 4.31. The molecule has 4 heterocycles. The quantitative estimate of drug-likeness (QED) is 0.767. The first-order chi connectivity index (χ1) is 9.36. The van der Waals surface area contributed by atoms with Crippen LogP contribution >= 0.6 is 11.5 Å². The van der Waals surface area contributed by atoms with Crippen molar-refractivity contribution < 1.29 is 9.57 Å². The maximum Gasteiger partial charge on any atom is 0.221 e. The Kier molecular flexibility index (Phi) is 3.93. The number of rotatable bonds is 5. The Bertz CT molecular complexity index is 454. The summed E-state index contributed by atoms with van der Waals surface area (Å²) < 4.78 is 9.30. The summed E-state index contributed by atoms with van der Waals surface area (Å²) in [6.07, 6.45) is 2.43. The van der Waals surface area contributed by atoms with E-state index in [1.165, 1.54) is 43.2 Å². The van der Waals surface area contributed by atoms with E-state index in [4.69, 9.17) is 9.57 Å². The third kappa shape index (κ3) is 2.87. The van der Waals surface area contributed by atoms with Crippen LogP contribution in [0.2, 0.25) is 0 Å². The van der Waals surface area contributed by atoms with Gasteiger partial charge in [-0.1, -0.05) is 9.64 Å². The second-order valence-corrected chi connectivity index (χ2v) is 5.56. The zero-order valence-corrected chi connectivity index (χ0v) is 11.9. The monoisotopic (exact) mass is 282 g/mol. The van der Waals surface area contributed by atoms with Crippen LogP contribution in [0.25, 0.3) is 0 Å². The summed E-state index contributed by atoms with van der Waals surface area (Å²) in [4.78, 5) is 7.87. The molecule has 3 fully saturated rings. The minimum atomic E-state index is 0.335. The van der Waals surface area contributed by atoms with Crippen LogP contribution in [-0.4, -0.2) is 46.4 Å². The molecule has 104 valence electrons. The molecule has 0 aromatic carbocycles. The van der Waals surface area contributed by atoms with E-state index in [2.05, 4.69) is 19.6 Å². The van der Waals surface area contributed by atoms with Gasteiger partial charge in [-0.2, -0.15) is 0 Å². The average Bonchev–Trinajstić information content (AvgIpc) is 2.88. The molecule has 0 radical (unpaired) electrons. The van der Waals surface area contributed by atoms with Crippen LogP contribution in [0.15, 0.2) is 5.16 Å². The molecule has 6 nitrogen and oxygen atoms in total. The molecule has 0 aliphatic carbocycles. The van der Waals surface area contributed by atoms with E-state index in [1.54, 1.807) is 0 Å². The maximum atomic E-state index is 5.44. The van der Waals surface area contributed by atoms with Crippen LogP contribution in [-0.2, 0) is 11.4 Å². The number of ether oxygens (including phenoxy) is 1. The Labute approximate surface area is 116 Å². The minimum absolute atomic E-state index is 0.335. The number of nitrogens with zero attached hydrogens (tertiary/aromatic N) is 4. The van der Waals surface area contributed by atoms with Crippen molar-refractivity contribution in [2.24, 2.45) is 11.1 Å². The number of oxime groups is 1. The van der Waals surface area contributed by atoms with Gasteiger partial charge in [0.2, 0.25) is 5.06 Å². The van der Waals surface area contributed by atoms with Gasteiger partial charge < -0.3 is 9.57 Å². The van der Waals surface area contributed by atoms with Crippen LogP contribution in [0.5, 0.6) is 5.06 Å². The van der Waals surface area contributed by atoms with Gasteiger partial charge in [0.05, 0.1) is 12.3 Å². The molecule has 3 aliphatic rings. The molecule has 4 rings (SSSR count). The highest BCUT2D eigenvalue weighted by Crippen LogP contribution is 2.26. The Morgan fingerprint density at radius 2 is 2.26 bits per heavy atom. The van der Waals surface area contributed by atoms with Gasteiger partial charge in [-0.05, 0) is 32.9 Å². The first-order valence-corrected chi connectivity index (χ1v) is 7.49. The molecule has 1 aromatic rings. The molecule has 0 saturated carbocycles. The lowest BCUT2D eigenvalue weighted by molar-refractivity contribution is 0.114. The number of fused-ring (bicyclic) bond motifs is 3. The lowest BCUT2D eigenvalue weighted by Gasteiger charge is -2.39. The van der Waals surface area contributed by atoms with E-state index in [9.17, 15) is 0 Å². The molecule has 19 heavy (non-hydrogen) atoms. The van der Waals surface area contributed by atoms with E-state index in [1.807, 2.05) is 6.92 Å². The molecule has 2 bridgehead atoms. The standard InChI is InChI=1S/C12H18N4O2S/c1-2-17-12-11(13-15-19-12)8-18-14-10-7-16-5-3-9(10)4-6-16/h9H,2-8H2,1H3. The zero-order valence-electron chi connectivity index (χ0n) is 11.0. The van der Waals surface area contributed by atoms with Crippen molar-refractivity contribution in [3.8, 4) is 5.06 Å². The number of hydrogen-bond acceptors (Lipinski definition) is 7. The van der Waals surface area contributed by atoms with Crippen molar-refractivity contribution in [2.45, 2.75) is 26.4 Å². The molecule has 0 spiro atoms. The SMILES string of the molecule is CCOc1snnc1CON=C1CN2CCC1CC2. The van der Waals surface area contributed by atoms with Gasteiger partial charge >= 0.3 is 0 Å². The molecular weight excluding hydrogens is 264 g/mol. The molecular formula is C12H18N4O2S. The Hall–Kier alpha value is -1.21. The van der Waals surface area contributed by atoms with Gasteiger partial charge in [0.25, 0.3) is 0 Å². The Balaban J connectivity index is 1.56. The summed E-state index contributed by atoms with van der Waals surface area (Å²) in [6, 6.07) is 0. The van der Waals surface area contributed by atoms with Gasteiger partial charge in [-0.25, -0.2) is 0 Å². The predicted molar refractivity (Wildman–Crippen MR) is 72.5 cm³/mol. The van der Waals surface area contributed by atoms with E-state index in [0.717, 1.165) is 17.3 Å². The third-order valence-electron chi connectivity index (χ3n) is 3.62. The largest absolute Gasteiger partial charge is 0.482 e. The van der Waals surface area contributed by atoms with Crippen LogP contribution in [0, 0.1) is 5.92 Å². The van der Waals surface area contributed by atoms with Gasteiger partial charge in [0, 0.05) is 24.0 Å². The Morgan fingerprint density at radius 3 is 2.95 bits per heavy atom. The molecule has 0 atom stereocenters. The summed E-state index contributed by atoms with van der Waals surface area (Å²) in [5.41, 5.74) is 1.91. The molecule has 7 heteroatoms. The predicted octanol–water partition coefficient (Wildman–Crippen LogP) is 1.53. The van der Waals surface area contributed by atoms with Crippen LogP contribution < -0.4 is 4.74 Å². The van der Waals surface area contributed by atoms with E-state index in [0.29, 0.717) is 19.1 Å². The van der Waals surface area contributed by atoms with Gasteiger partial charge in [0.1, 0.15) is 0 Å². The van der Waals surface area contributed by atoms with Crippen molar-refractivity contribution in [1.82, 2.24) is 14.5 Å². The van der Waals surface area contributed by atoms with Crippen molar-refractivity contribution in [2.75, 3.05) is 26.2 Å². The summed E-state index contributed by atoms with van der Waals surface area (Å²) >= 11 is 1.25. The molecule has 3 saturated heterocycles. The van der Waals surface area contributed by atoms with Crippen LogP contribution in [0.3, 0.4) is 0 Å². The van der Waals surface area contributed by atoms with Crippen molar-refractivity contribution in [3.63, 3.8) is 0 Å². The summed E-state index contributed by atoms with van der Waals surface area (Å²) in [5, 5.41) is 9.04. The van der Waals surface area contributed by atoms with Gasteiger partial charge in [-0.3, -0.25) is 4.90 Å². The summed E-state index contributed by atoms with van der Waals surface area (Å²) in [7, 11) is 0. The zero-order chi connectivity index (χ0) is 13.1. The first kappa shape index (κ1) is 12.8. The molecule has 3 aliphatic heterocycles. The van der Waals surface area contributed by atoms with Crippen LogP contribution in [0.1, 0.15) is 25.5 Å². The maximum absolute atomic E-state index is 5.44. The fraction of sp³-hybridized carbons (Fsp3) is 0.750. The lowest BCUT2D eigenvalue weighted by atomic mass is 9.87. The number of hydrogen-bond donors (Lipinski definition) is 0. The van der Waals surface area contributed by atoms with Gasteiger partial charge in [-0.15, -0.1) is 5.10 Å². The number of piperidine rings is 3. The summed E-state index contributed by atoms with van der Waals surface area (Å²) in [6.45, 7) is 6.25. The first-order valence-electron chi connectivity index (χ1n) is 6.72. The van der Waals surface area contributed by atoms with E-state index < -0.39 is 0 Å². The smallest absolute Gasteiger partial charge is 0.221 e. The fourth-order valence-electron chi connectivity index (χ4n) is 2.59. The fourth-order valence-corrected chi connectivity index (χ4v) is 3.18. The normalized spacial score (nSPS) is 27.7. The molecule has 0 amide bonds. The second kappa shape index (κ2) is 5.83. The van der Waals surface area contributed by atoms with E-state index >= 15 is 0 Å². The Morgan fingerprint density at radius 1 is 1.42 bits per heavy atom. The molecule has 1 aromatic heterocycles. The van der Waals surface area contributed by atoms with Gasteiger partial charge in [0.15, 0.2) is 12.3 Å². The van der Waals surface area contributed by atoms with Crippen LogP contribution in [0.4, 0.5) is 0 Å².